The number of fused-ring (bicyclic) bond motifs is 1. The Morgan fingerprint density at radius 2 is 1.92 bits per heavy atom. The number of aromatic nitrogens is 6. The number of H-pyrrole nitrogens is 1. The molecule has 39 heavy (non-hydrogen) atoms. The summed E-state index contributed by atoms with van der Waals surface area (Å²) in [5, 5.41) is 7.60. The molecule has 0 aromatic carbocycles. The summed E-state index contributed by atoms with van der Waals surface area (Å²) in [7, 11) is 0. The van der Waals surface area contributed by atoms with Crippen LogP contribution in [0.15, 0.2) is 9.32 Å². The summed E-state index contributed by atoms with van der Waals surface area (Å²) in [5.74, 6) is 3.61. The van der Waals surface area contributed by atoms with Gasteiger partial charge in [0, 0.05) is 25.7 Å². The number of nitrogens with one attached hydrogen (secondary N) is 2. The van der Waals surface area contributed by atoms with E-state index in [0.29, 0.717) is 36.5 Å². The largest absolute Gasteiger partial charge is 0.439 e. The second-order valence-corrected chi connectivity index (χ2v) is 11.9. The maximum atomic E-state index is 11.7. The Bertz CT molecular complexity index is 1320. The molecule has 0 amide bonds. The predicted molar refractivity (Wildman–Crippen MR) is 150 cm³/mol. The first-order chi connectivity index (χ1) is 19.0. The third-order valence-corrected chi connectivity index (χ3v) is 9.18. The molecule has 3 aliphatic rings. The van der Waals surface area contributed by atoms with Gasteiger partial charge in [-0.25, -0.2) is 14.8 Å². The van der Waals surface area contributed by atoms with Gasteiger partial charge in [0.1, 0.15) is 5.52 Å². The maximum absolute atomic E-state index is 11.7. The fourth-order valence-electron chi connectivity index (χ4n) is 6.52. The van der Waals surface area contributed by atoms with Gasteiger partial charge < -0.3 is 19.5 Å². The standard InChI is InChI=1S/C28H42N8O3/c1-4-38-16-21-9-6-14-35(21)27-32-24-22(36(27)15-19-12-10-17(2)11-13-19)23(29-18(3)20-7-5-8-20)30-25(31-24)26-33-28(37)39-34-26/h17-21H,4-16H2,1-3H3,(H,29,30,31)(H,33,34,37)/t17-,18-,19-,21?/m1/s1. The fraction of sp³-hybridized carbons (Fsp3) is 0.750. The average Bonchev–Trinajstić information content (AvgIpc) is 3.61. The number of nitrogens with zero attached hydrogens (tertiary/aromatic N) is 6. The van der Waals surface area contributed by atoms with Crippen LogP contribution in [0, 0.1) is 17.8 Å². The molecule has 6 rings (SSSR count). The van der Waals surface area contributed by atoms with Crippen LogP contribution in [-0.4, -0.2) is 61.5 Å². The summed E-state index contributed by atoms with van der Waals surface area (Å²) in [4.78, 5) is 31.7. The van der Waals surface area contributed by atoms with Crippen LogP contribution >= 0.6 is 0 Å². The highest BCUT2D eigenvalue weighted by Crippen LogP contribution is 2.37. The lowest BCUT2D eigenvalue weighted by Crippen LogP contribution is -2.36. The summed E-state index contributed by atoms with van der Waals surface area (Å²) in [6.45, 7) is 9.89. The van der Waals surface area contributed by atoms with Crippen molar-refractivity contribution in [3.63, 3.8) is 0 Å². The molecule has 1 unspecified atom stereocenters. The fourth-order valence-corrected chi connectivity index (χ4v) is 6.52. The van der Waals surface area contributed by atoms with Gasteiger partial charge >= 0.3 is 5.76 Å². The first-order valence-electron chi connectivity index (χ1n) is 15.0. The molecule has 0 spiro atoms. The molecule has 4 heterocycles. The van der Waals surface area contributed by atoms with Crippen LogP contribution in [0.2, 0.25) is 0 Å². The lowest BCUT2D eigenvalue weighted by atomic mass is 9.80. The summed E-state index contributed by atoms with van der Waals surface area (Å²) >= 11 is 0. The van der Waals surface area contributed by atoms with Crippen molar-refractivity contribution in [1.29, 1.82) is 0 Å². The molecule has 1 aliphatic heterocycles. The monoisotopic (exact) mass is 538 g/mol. The second kappa shape index (κ2) is 11.3. The molecular formula is C28H42N8O3. The molecule has 2 N–H and O–H groups in total. The molecule has 11 nitrogen and oxygen atoms in total. The van der Waals surface area contributed by atoms with Crippen molar-refractivity contribution in [1.82, 2.24) is 29.7 Å². The van der Waals surface area contributed by atoms with Crippen molar-refractivity contribution in [2.75, 3.05) is 30.0 Å². The van der Waals surface area contributed by atoms with Gasteiger partial charge in [0.25, 0.3) is 0 Å². The van der Waals surface area contributed by atoms with Gasteiger partial charge in [-0.05, 0) is 70.1 Å². The zero-order chi connectivity index (χ0) is 26.9. The molecule has 0 bridgehead atoms. The SMILES string of the molecule is CCOCC1CCCN1c1nc2nc(-c3noc(=O)[nH]3)nc(N[C@H](C)C3CCC3)c2n1C[C@H]1CC[C@H](C)CC1. The summed E-state index contributed by atoms with van der Waals surface area (Å²) < 4.78 is 13.0. The van der Waals surface area contributed by atoms with Crippen molar-refractivity contribution in [2.45, 2.75) is 97.2 Å². The van der Waals surface area contributed by atoms with Gasteiger partial charge in [-0.1, -0.05) is 31.3 Å². The van der Waals surface area contributed by atoms with Gasteiger partial charge in [-0.15, -0.1) is 0 Å². The normalized spacial score (nSPS) is 24.8. The zero-order valence-electron chi connectivity index (χ0n) is 23.5. The smallest absolute Gasteiger partial charge is 0.380 e. The molecular weight excluding hydrogens is 496 g/mol. The molecule has 1 saturated heterocycles. The number of hydrogen-bond donors (Lipinski definition) is 2. The minimum Gasteiger partial charge on any atom is -0.380 e. The summed E-state index contributed by atoms with van der Waals surface area (Å²) in [6, 6.07) is 0.553. The number of hydrogen-bond acceptors (Lipinski definition) is 9. The van der Waals surface area contributed by atoms with E-state index in [0.717, 1.165) is 49.1 Å². The summed E-state index contributed by atoms with van der Waals surface area (Å²) in [5.41, 5.74) is 1.56. The van der Waals surface area contributed by atoms with Crippen molar-refractivity contribution in [3.05, 3.63) is 10.6 Å². The van der Waals surface area contributed by atoms with Crippen molar-refractivity contribution in [2.24, 2.45) is 17.8 Å². The predicted octanol–water partition coefficient (Wildman–Crippen LogP) is 4.60. The van der Waals surface area contributed by atoms with Gasteiger partial charge in [0.15, 0.2) is 11.5 Å². The van der Waals surface area contributed by atoms with Crippen LogP contribution in [-0.2, 0) is 11.3 Å². The average molecular weight is 539 g/mol. The molecule has 3 fully saturated rings. The number of aromatic amines is 1. The highest BCUT2D eigenvalue weighted by molar-refractivity contribution is 5.87. The van der Waals surface area contributed by atoms with Crippen LogP contribution in [0.4, 0.5) is 11.8 Å². The molecule has 2 aliphatic carbocycles. The van der Waals surface area contributed by atoms with E-state index in [-0.39, 0.29) is 17.9 Å². The molecule has 2 saturated carbocycles. The first kappa shape index (κ1) is 26.3. The maximum Gasteiger partial charge on any atom is 0.439 e. The zero-order valence-corrected chi connectivity index (χ0v) is 23.5. The number of rotatable bonds is 10. The van der Waals surface area contributed by atoms with E-state index in [1.54, 1.807) is 0 Å². The minimum absolute atomic E-state index is 0.217. The van der Waals surface area contributed by atoms with E-state index >= 15 is 0 Å². The molecule has 3 aromatic heterocycles. The molecule has 2 atom stereocenters. The van der Waals surface area contributed by atoms with E-state index in [9.17, 15) is 4.79 Å². The van der Waals surface area contributed by atoms with Crippen molar-refractivity contribution < 1.29 is 9.26 Å². The van der Waals surface area contributed by atoms with E-state index in [2.05, 4.69) is 38.8 Å². The van der Waals surface area contributed by atoms with Gasteiger partial charge in [0.05, 0.1) is 12.6 Å². The van der Waals surface area contributed by atoms with Crippen LogP contribution in [0.1, 0.15) is 78.6 Å². The van der Waals surface area contributed by atoms with Crippen molar-refractivity contribution >= 4 is 22.9 Å². The Morgan fingerprint density at radius 3 is 2.62 bits per heavy atom. The van der Waals surface area contributed by atoms with Gasteiger partial charge in [-0.2, -0.15) is 4.98 Å². The van der Waals surface area contributed by atoms with Crippen LogP contribution in [0.25, 0.3) is 22.8 Å². The van der Waals surface area contributed by atoms with Crippen LogP contribution in [0.5, 0.6) is 0 Å². The molecule has 3 aromatic rings. The lowest BCUT2D eigenvalue weighted by molar-refractivity contribution is 0.133. The third kappa shape index (κ3) is 5.42. The summed E-state index contributed by atoms with van der Waals surface area (Å²) in [6.07, 6.45) is 10.9. The molecule has 212 valence electrons. The minimum atomic E-state index is -0.625. The Morgan fingerprint density at radius 1 is 1.10 bits per heavy atom. The highest BCUT2D eigenvalue weighted by Gasteiger charge is 2.33. The van der Waals surface area contributed by atoms with Gasteiger partial charge in [0.2, 0.25) is 17.6 Å². The highest BCUT2D eigenvalue weighted by atomic mass is 16.5. The Balaban J connectivity index is 1.46. The van der Waals surface area contributed by atoms with Crippen LogP contribution in [0.3, 0.4) is 0 Å². The van der Waals surface area contributed by atoms with E-state index < -0.39 is 5.76 Å². The van der Waals surface area contributed by atoms with E-state index in [4.69, 9.17) is 24.2 Å². The van der Waals surface area contributed by atoms with E-state index in [1.807, 2.05) is 6.92 Å². The Kier molecular flexibility index (Phi) is 7.59. The Hall–Kier alpha value is -2.95. The number of anilines is 2. The number of imidazole rings is 1. The second-order valence-electron chi connectivity index (χ2n) is 11.9. The first-order valence-corrected chi connectivity index (χ1v) is 15.0. The number of ether oxygens (including phenoxy) is 1. The van der Waals surface area contributed by atoms with Crippen LogP contribution < -0.4 is 16.0 Å². The topological polar surface area (TPSA) is 127 Å². The van der Waals surface area contributed by atoms with Crippen molar-refractivity contribution in [3.8, 4) is 11.6 Å². The molecule has 11 heteroatoms. The molecule has 0 radical (unpaired) electrons. The quantitative estimate of drug-likeness (QED) is 0.381. The van der Waals surface area contributed by atoms with E-state index in [1.165, 1.54) is 44.9 Å². The van der Waals surface area contributed by atoms with Gasteiger partial charge in [-0.3, -0.25) is 9.51 Å². The third-order valence-electron chi connectivity index (χ3n) is 9.18. The lowest BCUT2D eigenvalue weighted by Gasteiger charge is -2.33. The Labute approximate surface area is 229 Å².